The molecule has 0 aromatic heterocycles. The Morgan fingerprint density at radius 3 is 2.70 bits per heavy atom. The molecule has 1 fully saturated rings. The molecule has 8 heteroatoms. The molecule has 1 aromatic rings. The fourth-order valence-electron chi connectivity index (χ4n) is 2.55. The molecule has 23 heavy (non-hydrogen) atoms. The molecule has 0 unspecified atom stereocenters. The molecule has 1 aromatic carbocycles. The van der Waals surface area contributed by atoms with Crippen LogP contribution in [0.25, 0.3) is 0 Å². The quantitative estimate of drug-likeness (QED) is 0.839. The normalized spacial score (nSPS) is 18.7. The summed E-state index contributed by atoms with van der Waals surface area (Å²) in [5, 5.41) is 0. The largest absolute Gasteiger partial charge is 0.484 e. The van der Waals surface area contributed by atoms with E-state index in [-0.39, 0.29) is 30.9 Å². The Bertz CT molecular complexity index is 633. The lowest BCUT2D eigenvalue weighted by molar-refractivity contribution is -0.136. The minimum atomic E-state index is -3.29. The molecular formula is C15H21FN2O4S. The average Bonchev–Trinajstić information content (AvgIpc) is 2.52. The molecular weight excluding hydrogens is 323 g/mol. The Morgan fingerprint density at radius 2 is 2.04 bits per heavy atom. The van der Waals surface area contributed by atoms with Gasteiger partial charge in [0.2, 0.25) is 10.0 Å². The molecule has 0 spiro atoms. The zero-order valence-electron chi connectivity index (χ0n) is 13.0. The van der Waals surface area contributed by atoms with E-state index in [4.69, 9.17) is 4.74 Å². The summed E-state index contributed by atoms with van der Waals surface area (Å²) in [6, 6.07) is 5.28. The SMILES string of the molecule is CS(=O)(=O)NC[C@@H]1CCCCN1C(=O)COc1ccc(F)cc1. The van der Waals surface area contributed by atoms with Crippen molar-refractivity contribution in [3.8, 4) is 5.75 Å². The average molecular weight is 344 g/mol. The van der Waals surface area contributed by atoms with Crippen molar-refractivity contribution in [2.45, 2.75) is 25.3 Å². The summed E-state index contributed by atoms with van der Waals surface area (Å²) in [4.78, 5) is 14.0. The van der Waals surface area contributed by atoms with Crippen molar-refractivity contribution in [1.82, 2.24) is 9.62 Å². The molecule has 128 valence electrons. The molecule has 1 aliphatic heterocycles. The van der Waals surface area contributed by atoms with Crippen LogP contribution in [0.2, 0.25) is 0 Å². The zero-order valence-corrected chi connectivity index (χ0v) is 13.8. The van der Waals surface area contributed by atoms with Crippen molar-refractivity contribution >= 4 is 15.9 Å². The van der Waals surface area contributed by atoms with E-state index in [0.717, 1.165) is 25.5 Å². The molecule has 1 heterocycles. The summed E-state index contributed by atoms with van der Waals surface area (Å²) in [6.07, 6.45) is 3.70. The van der Waals surface area contributed by atoms with E-state index >= 15 is 0 Å². The van der Waals surface area contributed by atoms with E-state index in [1.165, 1.54) is 24.3 Å². The van der Waals surface area contributed by atoms with Gasteiger partial charge in [0.05, 0.1) is 6.26 Å². The van der Waals surface area contributed by atoms with Gasteiger partial charge >= 0.3 is 0 Å². The summed E-state index contributed by atoms with van der Waals surface area (Å²) in [6.45, 7) is 0.643. The molecule has 1 aliphatic rings. The Kier molecular flexibility index (Phi) is 5.95. The number of benzene rings is 1. The molecule has 2 rings (SSSR count). The number of halogens is 1. The summed E-state index contributed by atoms with van der Waals surface area (Å²) >= 11 is 0. The number of amides is 1. The fourth-order valence-corrected chi connectivity index (χ4v) is 3.04. The molecule has 0 radical (unpaired) electrons. The van der Waals surface area contributed by atoms with Crippen LogP contribution in [-0.2, 0) is 14.8 Å². The fraction of sp³-hybridized carbons (Fsp3) is 0.533. The number of nitrogens with one attached hydrogen (secondary N) is 1. The highest BCUT2D eigenvalue weighted by atomic mass is 32.2. The van der Waals surface area contributed by atoms with Gasteiger partial charge < -0.3 is 9.64 Å². The number of hydrogen-bond donors (Lipinski definition) is 1. The standard InChI is InChI=1S/C15H21FN2O4S/c1-23(20,21)17-10-13-4-2-3-9-18(13)15(19)11-22-14-7-5-12(16)6-8-14/h5-8,13,17H,2-4,9-11H2,1H3/t13-/m0/s1. The van der Waals surface area contributed by atoms with Crippen molar-refractivity contribution in [3.63, 3.8) is 0 Å². The Balaban J connectivity index is 1.90. The summed E-state index contributed by atoms with van der Waals surface area (Å²) in [5.41, 5.74) is 0. The van der Waals surface area contributed by atoms with E-state index in [1.54, 1.807) is 4.90 Å². The zero-order chi connectivity index (χ0) is 16.9. The molecule has 1 atom stereocenters. The third-order valence-electron chi connectivity index (χ3n) is 3.70. The van der Waals surface area contributed by atoms with Gasteiger partial charge in [-0.15, -0.1) is 0 Å². The van der Waals surface area contributed by atoms with E-state index in [2.05, 4.69) is 4.72 Å². The van der Waals surface area contributed by atoms with Crippen LogP contribution >= 0.6 is 0 Å². The first-order valence-electron chi connectivity index (χ1n) is 7.47. The summed E-state index contributed by atoms with van der Waals surface area (Å²) in [7, 11) is -3.29. The summed E-state index contributed by atoms with van der Waals surface area (Å²) in [5.74, 6) is -0.150. The van der Waals surface area contributed by atoms with Gasteiger partial charge in [-0.3, -0.25) is 4.79 Å². The Hall–Kier alpha value is -1.67. The van der Waals surface area contributed by atoms with Crippen LogP contribution in [0.3, 0.4) is 0 Å². The molecule has 1 N–H and O–H groups in total. The van der Waals surface area contributed by atoms with Crippen LogP contribution in [0, 0.1) is 5.82 Å². The van der Waals surface area contributed by atoms with Gasteiger partial charge in [0.1, 0.15) is 11.6 Å². The smallest absolute Gasteiger partial charge is 0.260 e. The number of nitrogens with zero attached hydrogens (tertiary/aromatic N) is 1. The van der Waals surface area contributed by atoms with Gasteiger partial charge in [-0.2, -0.15) is 0 Å². The summed E-state index contributed by atoms with van der Waals surface area (Å²) < 4.78 is 43.1. The minimum Gasteiger partial charge on any atom is -0.484 e. The minimum absolute atomic E-state index is 0.152. The first-order chi connectivity index (χ1) is 10.8. The third kappa shape index (κ3) is 5.80. The second-order valence-corrected chi connectivity index (χ2v) is 7.43. The van der Waals surface area contributed by atoms with Crippen molar-refractivity contribution in [3.05, 3.63) is 30.1 Å². The molecule has 1 saturated heterocycles. The van der Waals surface area contributed by atoms with Crippen molar-refractivity contribution < 1.29 is 22.3 Å². The van der Waals surface area contributed by atoms with E-state index < -0.39 is 10.0 Å². The number of carbonyl (C=O) groups excluding carboxylic acids is 1. The van der Waals surface area contributed by atoms with Crippen molar-refractivity contribution in [2.75, 3.05) is 26.0 Å². The molecule has 1 amide bonds. The van der Waals surface area contributed by atoms with Gasteiger partial charge in [0.15, 0.2) is 6.61 Å². The predicted molar refractivity (Wildman–Crippen MR) is 84.1 cm³/mol. The van der Waals surface area contributed by atoms with Crippen molar-refractivity contribution in [1.29, 1.82) is 0 Å². The number of rotatable bonds is 6. The number of piperidine rings is 1. The second-order valence-electron chi connectivity index (χ2n) is 5.60. The van der Waals surface area contributed by atoms with Crippen LogP contribution in [-0.4, -0.2) is 51.2 Å². The highest BCUT2D eigenvalue weighted by Crippen LogP contribution is 2.18. The van der Waals surface area contributed by atoms with Crippen LogP contribution in [0.1, 0.15) is 19.3 Å². The van der Waals surface area contributed by atoms with Gasteiger partial charge in [-0.1, -0.05) is 0 Å². The van der Waals surface area contributed by atoms with E-state index in [9.17, 15) is 17.6 Å². The Labute approximate surface area is 135 Å². The lowest BCUT2D eigenvalue weighted by Crippen LogP contribution is -2.50. The maximum Gasteiger partial charge on any atom is 0.260 e. The van der Waals surface area contributed by atoms with Gasteiger partial charge in [-0.05, 0) is 43.5 Å². The van der Waals surface area contributed by atoms with Crippen LogP contribution in [0.4, 0.5) is 4.39 Å². The number of ether oxygens (including phenoxy) is 1. The molecule has 0 bridgehead atoms. The lowest BCUT2D eigenvalue weighted by Gasteiger charge is -2.35. The third-order valence-corrected chi connectivity index (χ3v) is 4.40. The number of carbonyl (C=O) groups is 1. The number of hydrogen-bond acceptors (Lipinski definition) is 4. The van der Waals surface area contributed by atoms with Gasteiger partial charge in [-0.25, -0.2) is 17.5 Å². The monoisotopic (exact) mass is 344 g/mol. The molecule has 0 aliphatic carbocycles. The van der Waals surface area contributed by atoms with Crippen molar-refractivity contribution in [2.24, 2.45) is 0 Å². The molecule has 6 nitrogen and oxygen atoms in total. The predicted octanol–water partition coefficient (Wildman–Crippen LogP) is 1.13. The topological polar surface area (TPSA) is 75.7 Å². The maximum atomic E-state index is 12.8. The first kappa shape index (κ1) is 17.7. The number of sulfonamides is 1. The van der Waals surface area contributed by atoms with Crippen LogP contribution < -0.4 is 9.46 Å². The van der Waals surface area contributed by atoms with Crippen LogP contribution in [0.5, 0.6) is 5.75 Å². The maximum absolute atomic E-state index is 12.8. The van der Waals surface area contributed by atoms with Gasteiger partial charge in [0.25, 0.3) is 5.91 Å². The first-order valence-corrected chi connectivity index (χ1v) is 9.37. The Morgan fingerprint density at radius 1 is 1.35 bits per heavy atom. The van der Waals surface area contributed by atoms with E-state index in [1.807, 2.05) is 0 Å². The van der Waals surface area contributed by atoms with Crippen LogP contribution in [0.15, 0.2) is 24.3 Å². The second kappa shape index (κ2) is 7.74. The molecule has 0 saturated carbocycles. The highest BCUT2D eigenvalue weighted by Gasteiger charge is 2.27. The number of likely N-dealkylation sites (tertiary alicyclic amines) is 1. The lowest BCUT2D eigenvalue weighted by atomic mass is 10.0. The highest BCUT2D eigenvalue weighted by molar-refractivity contribution is 7.88. The van der Waals surface area contributed by atoms with E-state index in [0.29, 0.717) is 12.3 Å². The van der Waals surface area contributed by atoms with Gasteiger partial charge in [0, 0.05) is 19.1 Å².